The summed E-state index contributed by atoms with van der Waals surface area (Å²) >= 11 is 0. The number of hydrogen-bond acceptors (Lipinski definition) is 0. The van der Waals surface area contributed by atoms with Gasteiger partial charge in [0.1, 0.15) is 0 Å². The van der Waals surface area contributed by atoms with Crippen LogP contribution in [0.15, 0.2) is 170 Å². The van der Waals surface area contributed by atoms with E-state index >= 15 is 0 Å². The first-order valence-electron chi connectivity index (χ1n) is 15.4. The van der Waals surface area contributed by atoms with Crippen molar-refractivity contribution in [3.05, 3.63) is 176 Å². The largest absolute Gasteiger partial charge is 0.307 e. The average Bonchev–Trinajstić information content (AvgIpc) is 3.62. The van der Waals surface area contributed by atoms with Crippen molar-refractivity contribution >= 4 is 49.2 Å². The highest BCUT2D eigenvalue weighted by atomic mass is 15.0. The first kappa shape index (κ1) is 26.7. The van der Waals surface area contributed by atoms with Gasteiger partial charge in [-0.1, -0.05) is 128 Å². The van der Waals surface area contributed by atoms with Crippen molar-refractivity contribution in [3.63, 3.8) is 0 Å². The summed E-state index contributed by atoms with van der Waals surface area (Å²) in [5.74, 6) is 0. The average molecular weight is 577 g/mol. The highest BCUT2D eigenvalue weighted by molar-refractivity contribution is 6.23. The number of nitrogens with zero attached hydrogens (tertiary/aromatic N) is 2. The number of aromatic nitrogens is 2. The lowest BCUT2D eigenvalue weighted by atomic mass is 9.98. The normalized spacial score (nSPS) is 12.2. The Morgan fingerprint density at radius 2 is 1.07 bits per heavy atom. The third-order valence-corrected chi connectivity index (χ3v) is 8.81. The predicted molar refractivity (Wildman–Crippen MR) is 194 cm³/mol. The van der Waals surface area contributed by atoms with E-state index in [1.54, 1.807) is 0 Å². The van der Waals surface area contributed by atoms with Crippen LogP contribution in [0.5, 0.6) is 0 Å². The number of fused-ring (bicyclic) bond motifs is 7. The zero-order valence-corrected chi connectivity index (χ0v) is 25.2. The molecule has 8 rings (SSSR count). The summed E-state index contributed by atoms with van der Waals surface area (Å²) in [6.45, 7) is 6.02. The van der Waals surface area contributed by atoms with Gasteiger partial charge in [0.05, 0.1) is 22.1 Å². The van der Waals surface area contributed by atoms with Crippen LogP contribution in [-0.2, 0) is 0 Å². The van der Waals surface area contributed by atoms with Gasteiger partial charge < -0.3 is 9.13 Å². The molecule has 0 fully saturated rings. The zero-order valence-electron chi connectivity index (χ0n) is 25.2. The molecule has 0 spiro atoms. The minimum atomic E-state index is 1.13. The van der Waals surface area contributed by atoms with Crippen LogP contribution < -0.4 is 0 Å². The molecule has 2 aromatic heterocycles. The van der Waals surface area contributed by atoms with Crippen molar-refractivity contribution in [3.8, 4) is 22.5 Å². The molecule has 0 saturated heterocycles. The van der Waals surface area contributed by atoms with Crippen molar-refractivity contribution in [2.45, 2.75) is 6.92 Å². The smallest absolute Gasteiger partial charge is 0.0788 e. The summed E-state index contributed by atoms with van der Waals surface area (Å²) in [4.78, 5) is 0. The molecule has 0 aliphatic heterocycles. The lowest BCUT2D eigenvalue weighted by Gasteiger charge is -2.15. The molecular weight excluding hydrogens is 544 g/mol. The minimum Gasteiger partial charge on any atom is -0.307 e. The highest BCUT2D eigenvalue weighted by Gasteiger charge is 2.21. The van der Waals surface area contributed by atoms with E-state index in [1.165, 1.54) is 65.9 Å². The Kier molecular flexibility index (Phi) is 6.54. The number of allylic oxidation sites excluding steroid dienone is 5. The van der Waals surface area contributed by atoms with Gasteiger partial charge in [0.2, 0.25) is 0 Å². The lowest BCUT2D eigenvalue weighted by molar-refractivity contribution is 1.15. The SMILES string of the molecule is C=C/C=C\C=C(/C)c1cc(-c2ccccc2)cc(-n2c3ccccc3c3ccc4c5ccccc5n(-c5ccccc5)c4c32)c1. The first-order valence-corrected chi connectivity index (χ1v) is 15.4. The van der Waals surface area contributed by atoms with Gasteiger partial charge in [0, 0.05) is 32.9 Å². The summed E-state index contributed by atoms with van der Waals surface area (Å²) in [7, 11) is 0. The monoisotopic (exact) mass is 576 g/mol. The second-order valence-electron chi connectivity index (χ2n) is 11.5. The van der Waals surface area contributed by atoms with Crippen LogP contribution in [-0.4, -0.2) is 9.13 Å². The predicted octanol–water partition coefficient (Wildman–Crippen LogP) is 11.7. The van der Waals surface area contributed by atoms with Gasteiger partial charge in [-0.3, -0.25) is 0 Å². The third kappa shape index (κ3) is 4.42. The molecule has 0 radical (unpaired) electrons. The zero-order chi connectivity index (χ0) is 30.3. The fourth-order valence-corrected chi connectivity index (χ4v) is 6.75. The maximum Gasteiger partial charge on any atom is 0.0788 e. The molecule has 214 valence electrons. The highest BCUT2D eigenvalue weighted by Crippen LogP contribution is 2.42. The van der Waals surface area contributed by atoms with Crippen LogP contribution in [0.1, 0.15) is 12.5 Å². The van der Waals surface area contributed by atoms with Crippen LogP contribution in [0.3, 0.4) is 0 Å². The minimum absolute atomic E-state index is 1.13. The van der Waals surface area contributed by atoms with Crippen LogP contribution in [0.4, 0.5) is 0 Å². The molecule has 2 heteroatoms. The summed E-state index contributed by atoms with van der Waals surface area (Å²) in [6, 6.07) is 50.6. The molecule has 0 atom stereocenters. The van der Waals surface area contributed by atoms with E-state index in [0.29, 0.717) is 0 Å². The Labute approximate surface area is 263 Å². The van der Waals surface area contributed by atoms with Gasteiger partial charge in [-0.05, 0) is 71.7 Å². The Balaban J connectivity index is 1.55. The van der Waals surface area contributed by atoms with E-state index in [9.17, 15) is 0 Å². The number of hydrogen-bond donors (Lipinski definition) is 0. The van der Waals surface area contributed by atoms with Crippen molar-refractivity contribution in [1.29, 1.82) is 0 Å². The summed E-state index contributed by atoms with van der Waals surface area (Å²) < 4.78 is 4.92. The van der Waals surface area contributed by atoms with E-state index in [1.807, 2.05) is 12.2 Å². The maximum atomic E-state index is 3.84. The number of para-hydroxylation sites is 3. The van der Waals surface area contributed by atoms with Crippen molar-refractivity contribution in [2.24, 2.45) is 0 Å². The Morgan fingerprint density at radius 3 is 1.69 bits per heavy atom. The molecule has 0 aliphatic rings. The second kappa shape index (κ2) is 11.0. The Hall–Kier alpha value is -5.86. The van der Waals surface area contributed by atoms with Crippen molar-refractivity contribution in [1.82, 2.24) is 9.13 Å². The second-order valence-corrected chi connectivity index (χ2v) is 11.5. The molecule has 0 bridgehead atoms. The van der Waals surface area contributed by atoms with E-state index in [4.69, 9.17) is 0 Å². The lowest BCUT2D eigenvalue weighted by Crippen LogP contribution is -2.00. The van der Waals surface area contributed by atoms with Crippen LogP contribution >= 0.6 is 0 Å². The Bertz CT molecular complexity index is 2430. The molecule has 0 saturated carbocycles. The van der Waals surface area contributed by atoms with Gasteiger partial charge in [0.25, 0.3) is 0 Å². The third-order valence-electron chi connectivity index (χ3n) is 8.81. The molecule has 0 N–H and O–H groups in total. The molecule has 8 aromatic rings. The van der Waals surface area contributed by atoms with Crippen LogP contribution in [0.25, 0.3) is 71.7 Å². The van der Waals surface area contributed by atoms with Gasteiger partial charge in [-0.15, -0.1) is 0 Å². The van der Waals surface area contributed by atoms with Gasteiger partial charge >= 0.3 is 0 Å². The van der Waals surface area contributed by atoms with Gasteiger partial charge in [-0.2, -0.15) is 0 Å². The molecule has 0 amide bonds. The van der Waals surface area contributed by atoms with Crippen molar-refractivity contribution < 1.29 is 0 Å². The van der Waals surface area contributed by atoms with Crippen LogP contribution in [0, 0.1) is 0 Å². The van der Waals surface area contributed by atoms with E-state index in [-0.39, 0.29) is 0 Å². The van der Waals surface area contributed by atoms with Crippen molar-refractivity contribution in [2.75, 3.05) is 0 Å². The number of benzene rings is 6. The summed E-state index contributed by atoms with van der Waals surface area (Å²) in [6.07, 6.45) is 7.99. The molecule has 0 unspecified atom stereocenters. The summed E-state index contributed by atoms with van der Waals surface area (Å²) in [5, 5.41) is 4.98. The Morgan fingerprint density at radius 1 is 0.511 bits per heavy atom. The standard InChI is InChI=1S/C43H32N2/c1-3-4-7-16-30(2)32-27-33(31-17-8-5-9-18-31)29-35(28-32)45-41-24-15-13-22-37(41)39-26-25-38-36-21-12-14-23-40(36)44(42(38)43(39)45)34-19-10-6-11-20-34/h3-29H,1H2,2H3/b7-4-,30-16+. The molecule has 6 aromatic carbocycles. The molecule has 45 heavy (non-hydrogen) atoms. The fourth-order valence-electron chi connectivity index (χ4n) is 6.75. The van der Waals surface area contributed by atoms with E-state index in [2.05, 4.69) is 174 Å². The molecule has 0 aliphatic carbocycles. The van der Waals surface area contributed by atoms with Gasteiger partial charge in [-0.25, -0.2) is 0 Å². The van der Waals surface area contributed by atoms with Gasteiger partial charge in [0.15, 0.2) is 0 Å². The summed E-state index contributed by atoms with van der Waals surface area (Å²) in [5.41, 5.74) is 11.9. The van der Waals surface area contributed by atoms with E-state index in [0.717, 1.165) is 11.4 Å². The molecular formula is C43H32N2. The topological polar surface area (TPSA) is 9.86 Å². The fraction of sp³-hybridized carbons (Fsp3) is 0.0233. The quantitative estimate of drug-likeness (QED) is 0.174. The maximum absolute atomic E-state index is 3.84. The van der Waals surface area contributed by atoms with Crippen LogP contribution in [0.2, 0.25) is 0 Å². The van der Waals surface area contributed by atoms with E-state index < -0.39 is 0 Å². The first-order chi connectivity index (χ1) is 22.2. The number of rotatable bonds is 6. The molecule has 2 heterocycles. The molecule has 2 nitrogen and oxygen atoms in total.